The molecule has 0 spiro atoms. The van der Waals surface area contributed by atoms with Gasteiger partial charge >= 0.3 is 0 Å². The molecule has 1 saturated heterocycles. The molecule has 1 unspecified atom stereocenters. The van der Waals surface area contributed by atoms with Crippen LogP contribution in [0.5, 0.6) is 0 Å². The fourth-order valence-corrected chi connectivity index (χ4v) is 2.64. The van der Waals surface area contributed by atoms with Crippen LogP contribution < -0.4 is 5.73 Å². The van der Waals surface area contributed by atoms with Crippen molar-refractivity contribution in [2.24, 2.45) is 5.92 Å². The second kappa shape index (κ2) is 7.29. The van der Waals surface area contributed by atoms with E-state index in [-0.39, 0.29) is 11.8 Å². The molecule has 20 heavy (non-hydrogen) atoms. The van der Waals surface area contributed by atoms with Gasteiger partial charge < -0.3 is 15.4 Å². The lowest BCUT2D eigenvalue weighted by Gasteiger charge is -2.29. The molecule has 1 atom stereocenters. The number of nitrogens with two attached hydrogens (primary N) is 1. The van der Waals surface area contributed by atoms with Crippen LogP contribution in [0.15, 0.2) is 24.3 Å². The maximum Gasteiger partial charge on any atom is 0.228 e. The Balaban J connectivity index is 2.03. The highest BCUT2D eigenvalue weighted by atomic mass is 16.5. The van der Waals surface area contributed by atoms with Crippen LogP contribution in [0.3, 0.4) is 0 Å². The Morgan fingerprint density at radius 1 is 1.50 bits per heavy atom. The molecule has 1 amide bonds. The number of anilines is 1. The number of nitrogen functional groups attached to an aromatic ring is 1. The fraction of sp³-hybridized carbons (Fsp3) is 0.562. The first kappa shape index (κ1) is 14.9. The first-order valence-electron chi connectivity index (χ1n) is 7.41. The molecule has 4 heteroatoms. The van der Waals surface area contributed by atoms with Crippen molar-refractivity contribution in [1.29, 1.82) is 0 Å². The highest BCUT2D eigenvalue weighted by Crippen LogP contribution is 2.19. The number of carbonyl (C=O) groups is 1. The fourth-order valence-electron chi connectivity index (χ4n) is 2.64. The molecule has 0 saturated carbocycles. The molecule has 110 valence electrons. The van der Waals surface area contributed by atoms with Gasteiger partial charge in [0, 0.05) is 25.4 Å². The third-order valence-electron chi connectivity index (χ3n) is 3.64. The van der Waals surface area contributed by atoms with Crippen molar-refractivity contribution in [1.82, 2.24) is 4.90 Å². The molecule has 2 N–H and O–H groups in total. The first-order chi connectivity index (χ1) is 9.70. The Bertz CT molecular complexity index is 442. The van der Waals surface area contributed by atoms with Gasteiger partial charge in [-0.15, -0.1) is 0 Å². The standard InChI is InChI=1S/C16H24N2O2/c1-2-8-18(11-13-5-3-7-15(17)10-13)16(19)14-6-4-9-20-12-14/h3,5,7,10,14H,2,4,6,8-9,11-12,17H2,1H3. The summed E-state index contributed by atoms with van der Waals surface area (Å²) < 4.78 is 5.43. The van der Waals surface area contributed by atoms with E-state index in [1.165, 1.54) is 0 Å². The number of amides is 1. The van der Waals surface area contributed by atoms with Crippen LogP contribution in [-0.2, 0) is 16.1 Å². The zero-order valence-corrected chi connectivity index (χ0v) is 12.2. The number of ether oxygens (including phenoxy) is 1. The van der Waals surface area contributed by atoms with Crippen molar-refractivity contribution in [2.45, 2.75) is 32.7 Å². The summed E-state index contributed by atoms with van der Waals surface area (Å²) in [5.41, 5.74) is 7.63. The summed E-state index contributed by atoms with van der Waals surface area (Å²) in [5, 5.41) is 0. The van der Waals surface area contributed by atoms with E-state index in [2.05, 4.69) is 6.92 Å². The van der Waals surface area contributed by atoms with E-state index in [0.717, 1.165) is 43.7 Å². The van der Waals surface area contributed by atoms with Crippen molar-refractivity contribution in [3.05, 3.63) is 29.8 Å². The van der Waals surface area contributed by atoms with E-state index < -0.39 is 0 Å². The molecule has 2 rings (SSSR count). The predicted molar refractivity (Wildman–Crippen MR) is 80.1 cm³/mol. The number of hydrogen-bond acceptors (Lipinski definition) is 3. The summed E-state index contributed by atoms with van der Waals surface area (Å²) in [6, 6.07) is 7.75. The number of rotatable bonds is 5. The van der Waals surface area contributed by atoms with Gasteiger partial charge in [-0.1, -0.05) is 19.1 Å². The van der Waals surface area contributed by atoms with Crippen molar-refractivity contribution in [3.8, 4) is 0 Å². The zero-order chi connectivity index (χ0) is 14.4. The van der Waals surface area contributed by atoms with Crippen LogP contribution in [0.25, 0.3) is 0 Å². The monoisotopic (exact) mass is 276 g/mol. The Hall–Kier alpha value is -1.55. The minimum absolute atomic E-state index is 0.0244. The molecular formula is C16H24N2O2. The zero-order valence-electron chi connectivity index (χ0n) is 12.2. The topological polar surface area (TPSA) is 55.6 Å². The largest absolute Gasteiger partial charge is 0.399 e. The SMILES string of the molecule is CCCN(Cc1cccc(N)c1)C(=O)C1CCCOC1. The molecule has 4 nitrogen and oxygen atoms in total. The second-order valence-corrected chi connectivity index (χ2v) is 5.42. The van der Waals surface area contributed by atoms with Crippen LogP contribution in [0.1, 0.15) is 31.7 Å². The quantitative estimate of drug-likeness (QED) is 0.840. The smallest absolute Gasteiger partial charge is 0.228 e. The molecule has 0 radical (unpaired) electrons. The molecular weight excluding hydrogens is 252 g/mol. The Morgan fingerprint density at radius 3 is 3.00 bits per heavy atom. The Kier molecular flexibility index (Phi) is 5.41. The van der Waals surface area contributed by atoms with Crippen molar-refractivity contribution in [3.63, 3.8) is 0 Å². The number of carbonyl (C=O) groups excluding carboxylic acids is 1. The number of benzene rings is 1. The van der Waals surface area contributed by atoms with Gasteiger partial charge in [0.1, 0.15) is 0 Å². The van der Waals surface area contributed by atoms with Gasteiger partial charge in [0.15, 0.2) is 0 Å². The minimum Gasteiger partial charge on any atom is -0.399 e. The molecule has 1 aliphatic rings. The Labute approximate surface area is 120 Å². The summed E-state index contributed by atoms with van der Waals surface area (Å²) in [4.78, 5) is 14.5. The first-order valence-corrected chi connectivity index (χ1v) is 7.41. The average Bonchev–Trinajstić information content (AvgIpc) is 2.47. The minimum atomic E-state index is 0.0244. The number of nitrogens with zero attached hydrogens (tertiary/aromatic N) is 1. The van der Waals surface area contributed by atoms with E-state index in [1.807, 2.05) is 29.2 Å². The third kappa shape index (κ3) is 3.97. The lowest BCUT2D eigenvalue weighted by molar-refractivity contribution is -0.140. The maximum atomic E-state index is 12.6. The van der Waals surface area contributed by atoms with Crippen molar-refractivity contribution in [2.75, 3.05) is 25.5 Å². The van der Waals surface area contributed by atoms with Gasteiger partial charge in [-0.25, -0.2) is 0 Å². The molecule has 1 aromatic rings. The van der Waals surface area contributed by atoms with Crippen LogP contribution in [0.2, 0.25) is 0 Å². The van der Waals surface area contributed by atoms with E-state index in [9.17, 15) is 4.79 Å². The van der Waals surface area contributed by atoms with E-state index in [0.29, 0.717) is 13.2 Å². The molecule has 0 bridgehead atoms. The Morgan fingerprint density at radius 2 is 2.35 bits per heavy atom. The third-order valence-corrected chi connectivity index (χ3v) is 3.64. The van der Waals surface area contributed by atoms with Crippen molar-refractivity contribution < 1.29 is 9.53 Å². The second-order valence-electron chi connectivity index (χ2n) is 5.42. The summed E-state index contributed by atoms with van der Waals surface area (Å²) in [7, 11) is 0. The van der Waals surface area contributed by atoms with E-state index in [1.54, 1.807) is 0 Å². The molecule has 1 fully saturated rings. The van der Waals surface area contributed by atoms with Gasteiger partial charge in [0.25, 0.3) is 0 Å². The highest BCUT2D eigenvalue weighted by molar-refractivity contribution is 5.79. The van der Waals surface area contributed by atoms with Gasteiger partial charge in [-0.05, 0) is 37.0 Å². The van der Waals surface area contributed by atoms with Crippen molar-refractivity contribution >= 4 is 11.6 Å². The summed E-state index contributed by atoms with van der Waals surface area (Å²) in [5.74, 6) is 0.241. The van der Waals surface area contributed by atoms with E-state index in [4.69, 9.17) is 10.5 Å². The summed E-state index contributed by atoms with van der Waals surface area (Å²) >= 11 is 0. The molecule has 1 heterocycles. The maximum absolute atomic E-state index is 12.6. The molecule has 1 aromatic carbocycles. The van der Waals surface area contributed by atoms with Gasteiger partial charge in [-0.3, -0.25) is 4.79 Å². The van der Waals surface area contributed by atoms with Crippen LogP contribution in [0.4, 0.5) is 5.69 Å². The normalized spacial score (nSPS) is 18.8. The highest BCUT2D eigenvalue weighted by Gasteiger charge is 2.26. The molecule has 0 aromatic heterocycles. The average molecular weight is 276 g/mol. The molecule has 1 aliphatic heterocycles. The van der Waals surface area contributed by atoms with Gasteiger partial charge in [0.2, 0.25) is 5.91 Å². The van der Waals surface area contributed by atoms with Gasteiger partial charge in [0.05, 0.1) is 12.5 Å². The lowest BCUT2D eigenvalue weighted by Crippen LogP contribution is -2.39. The lowest BCUT2D eigenvalue weighted by atomic mass is 10.00. The number of hydrogen-bond donors (Lipinski definition) is 1. The van der Waals surface area contributed by atoms with Gasteiger partial charge in [-0.2, -0.15) is 0 Å². The molecule has 0 aliphatic carbocycles. The van der Waals surface area contributed by atoms with Crippen LogP contribution in [-0.4, -0.2) is 30.6 Å². The van der Waals surface area contributed by atoms with Crippen LogP contribution >= 0.6 is 0 Å². The van der Waals surface area contributed by atoms with Crippen LogP contribution in [0, 0.1) is 5.92 Å². The predicted octanol–water partition coefficient (Wildman–Crippen LogP) is 2.43. The van der Waals surface area contributed by atoms with E-state index >= 15 is 0 Å². The summed E-state index contributed by atoms with van der Waals surface area (Å²) in [6.07, 6.45) is 2.88. The summed E-state index contributed by atoms with van der Waals surface area (Å²) in [6.45, 7) is 4.86.